The molecule has 0 bridgehead atoms. The topological polar surface area (TPSA) is 77.2 Å². The highest BCUT2D eigenvalue weighted by Gasteiger charge is 2.22. The van der Waals surface area contributed by atoms with Crippen LogP contribution in [0.1, 0.15) is 30.9 Å². The molecule has 6 heteroatoms. The number of nitrogens with two attached hydrogens (primary N) is 1. The largest absolute Gasteiger partial charge is 0.449 e. The van der Waals surface area contributed by atoms with Crippen LogP contribution in [-0.4, -0.2) is 10.9 Å². The van der Waals surface area contributed by atoms with E-state index in [2.05, 4.69) is 36.3 Å². The molecule has 0 atom stereocenters. The number of hydrogen-bond acceptors (Lipinski definition) is 5. The van der Waals surface area contributed by atoms with Crippen LogP contribution in [0.2, 0.25) is 0 Å². The van der Waals surface area contributed by atoms with Gasteiger partial charge >= 0.3 is 0 Å². The van der Waals surface area contributed by atoms with Crippen LogP contribution in [0, 0.1) is 0 Å². The average molecular weight is 377 g/mol. The number of amides is 1. The SMILES string of the molecule is CC(C)c1ccc(/C=C2/Oc3ccc(-c4csc(N)n4)cc3NC2=O)cc1. The zero-order chi connectivity index (χ0) is 19.0. The van der Waals surface area contributed by atoms with E-state index >= 15 is 0 Å². The normalized spacial score (nSPS) is 14.8. The van der Waals surface area contributed by atoms with E-state index in [1.165, 1.54) is 16.9 Å². The second-order valence-electron chi connectivity index (χ2n) is 6.67. The lowest BCUT2D eigenvalue weighted by molar-refractivity contribution is -0.115. The van der Waals surface area contributed by atoms with E-state index in [-0.39, 0.29) is 11.7 Å². The summed E-state index contributed by atoms with van der Waals surface area (Å²) in [5, 5.41) is 5.28. The molecule has 1 aliphatic heterocycles. The number of nitrogens with one attached hydrogen (secondary N) is 1. The Morgan fingerprint density at radius 2 is 1.96 bits per heavy atom. The Hall–Kier alpha value is -3.12. The van der Waals surface area contributed by atoms with Gasteiger partial charge in [-0.05, 0) is 41.3 Å². The molecule has 0 fully saturated rings. The van der Waals surface area contributed by atoms with E-state index in [0.29, 0.717) is 22.5 Å². The average Bonchev–Trinajstić information content (AvgIpc) is 3.09. The molecule has 0 saturated carbocycles. The number of anilines is 2. The maximum Gasteiger partial charge on any atom is 0.291 e. The first-order chi connectivity index (χ1) is 13.0. The summed E-state index contributed by atoms with van der Waals surface area (Å²) in [6.45, 7) is 4.30. The van der Waals surface area contributed by atoms with Crippen LogP contribution >= 0.6 is 11.3 Å². The van der Waals surface area contributed by atoms with Gasteiger partial charge in [0.05, 0.1) is 11.4 Å². The molecule has 0 aliphatic carbocycles. The van der Waals surface area contributed by atoms with E-state index in [0.717, 1.165) is 16.8 Å². The van der Waals surface area contributed by atoms with Gasteiger partial charge in [0.15, 0.2) is 16.6 Å². The fourth-order valence-corrected chi connectivity index (χ4v) is 3.44. The van der Waals surface area contributed by atoms with Gasteiger partial charge in [-0.15, -0.1) is 11.3 Å². The lowest BCUT2D eigenvalue weighted by Gasteiger charge is -2.20. The van der Waals surface area contributed by atoms with E-state index in [4.69, 9.17) is 10.5 Å². The molecule has 4 rings (SSSR count). The minimum absolute atomic E-state index is 0.269. The number of thiazole rings is 1. The van der Waals surface area contributed by atoms with E-state index in [1.54, 1.807) is 6.08 Å². The summed E-state index contributed by atoms with van der Waals surface area (Å²) in [5.74, 6) is 1.07. The Morgan fingerprint density at radius 1 is 1.19 bits per heavy atom. The number of aromatic nitrogens is 1. The summed E-state index contributed by atoms with van der Waals surface area (Å²) in [6.07, 6.45) is 1.75. The molecule has 136 valence electrons. The Morgan fingerprint density at radius 3 is 2.63 bits per heavy atom. The summed E-state index contributed by atoms with van der Waals surface area (Å²) in [5.41, 5.74) is 10.2. The molecule has 0 radical (unpaired) electrons. The Labute approximate surface area is 161 Å². The fraction of sp³-hybridized carbons (Fsp3) is 0.143. The number of nitrogens with zero attached hydrogens (tertiary/aromatic N) is 1. The Kier molecular flexibility index (Phi) is 4.41. The van der Waals surface area contributed by atoms with Crippen molar-refractivity contribution in [2.45, 2.75) is 19.8 Å². The first kappa shape index (κ1) is 17.3. The van der Waals surface area contributed by atoms with Crippen LogP contribution in [0.25, 0.3) is 17.3 Å². The van der Waals surface area contributed by atoms with Crippen LogP contribution in [0.3, 0.4) is 0 Å². The molecule has 1 amide bonds. The van der Waals surface area contributed by atoms with Gasteiger partial charge in [0.1, 0.15) is 0 Å². The van der Waals surface area contributed by atoms with Gasteiger partial charge in [-0.3, -0.25) is 4.79 Å². The van der Waals surface area contributed by atoms with Crippen molar-refractivity contribution >= 4 is 34.1 Å². The van der Waals surface area contributed by atoms with E-state index < -0.39 is 0 Å². The van der Waals surface area contributed by atoms with Crippen molar-refractivity contribution in [2.24, 2.45) is 0 Å². The van der Waals surface area contributed by atoms with Gasteiger partial charge in [-0.2, -0.15) is 0 Å². The molecule has 3 N–H and O–H groups in total. The number of fused-ring (bicyclic) bond motifs is 1. The third-order valence-corrected chi connectivity index (χ3v) is 5.06. The fourth-order valence-electron chi connectivity index (χ4n) is 2.87. The molecule has 3 aromatic rings. The summed E-state index contributed by atoms with van der Waals surface area (Å²) in [6, 6.07) is 13.7. The first-order valence-electron chi connectivity index (χ1n) is 8.66. The van der Waals surface area contributed by atoms with E-state index in [9.17, 15) is 4.79 Å². The Balaban J connectivity index is 1.60. The lowest BCUT2D eigenvalue weighted by atomic mass is 10.0. The summed E-state index contributed by atoms with van der Waals surface area (Å²) >= 11 is 1.38. The molecule has 27 heavy (non-hydrogen) atoms. The monoisotopic (exact) mass is 377 g/mol. The molecule has 2 aromatic carbocycles. The summed E-state index contributed by atoms with van der Waals surface area (Å²) < 4.78 is 5.83. The molecule has 0 unspecified atom stereocenters. The first-order valence-corrected chi connectivity index (χ1v) is 9.54. The van der Waals surface area contributed by atoms with Crippen molar-refractivity contribution in [3.05, 3.63) is 64.7 Å². The highest BCUT2D eigenvalue weighted by Crippen LogP contribution is 2.35. The number of carbonyl (C=O) groups excluding carboxylic acids is 1. The van der Waals surface area contributed by atoms with E-state index in [1.807, 2.05) is 35.7 Å². The minimum atomic E-state index is -0.273. The van der Waals surface area contributed by atoms with Crippen LogP contribution < -0.4 is 15.8 Å². The van der Waals surface area contributed by atoms with Gasteiger partial charge in [-0.25, -0.2) is 4.98 Å². The molecule has 1 aliphatic rings. The second-order valence-corrected chi connectivity index (χ2v) is 7.56. The molecule has 0 saturated heterocycles. The standard InChI is InChI=1S/C21H19N3O2S/c1-12(2)14-5-3-13(4-6-14)9-19-20(25)23-16-10-15(7-8-18(16)26-19)17-11-27-21(22)24-17/h3-12H,1-2H3,(H2,22,24)(H,23,25)/b19-9+. The predicted octanol–water partition coefficient (Wildman–Crippen LogP) is 4.89. The molecular weight excluding hydrogens is 358 g/mol. The van der Waals surface area contributed by atoms with Gasteiger partial charge in [0, 0.05) is 10.9 Å². The minimum Gasteiger partial charge on any atom is -0.449 e. The van der Waals surface area contributed by atoms with Crippen LogP contribution in [-0.2, 0) is 4.79 Å². The van der Waals surface area contributed by atoms with Crippen molar-refractivity contribution in [1.29, 1.82) is 0 Å². The van der Waals surface area contributed by atoms with Crippen LogP contribution in [0.4, 0.5) is 10.8 Å². The third-order valence-electron chi connectivity index (χ3n) is 4.39. The second kappa shape index (κ2) is 6.89. The van der Waals surface area contributed by atoms with Gasteiger partial charge in [0.2, 0.25) is 0 Å². The molecule has 1 aromatic heterocycles. The zero-order valence-electron chi connectivity index (χ0n) is 15.0. The quantitative estimate of drug-likeness (QED) is 0.637. The smallest absolute Gasteiger partial charge is 0.291 e. The summed E-state index contributed by atoms with van der Waals surface area (Å²) in [7, 11) is 0. The molecule has 5 nitrogen and oxygen atoms in total. The summed E-state index contributed by atoms with van der Waals surface area (Å²) in [4.78, 5) is 16.7. The maximum atomic E-state index is 12.5. The van der Waals surface area contributed by atoms with Crippen molar-refractivity contribution in [1.82, 2.24) is 4.98 Å². The van der Waals surface area contributed by atoms with Crippen molar-refractivity contribution in [2.75, 3.05) is 11.1 Å². The Bertz CT molecular complexity index is 1040. The van der Waals surface area contributed by atoms with Crippen molar-refractivity contribution < 1.29 is 9.53 Å². The highest BCUT2D eigenvalue weighted by atomic mass is 32.1. The molecule has 0 spiro atoms. The molecular formula is C21H19N3O2S. The van der Waals surface area contributed by atoms with Gasteiger partial charge in [0.25, 0.3) is 5.91 Å². The van der Waals surface area contributed by atoms with Crippen molar-refractivity contribution in [3.8, 4) is 17.0 Å². The highest BCUT2D eigenvalue weighted by molar-refractivity contribution is 7.13. The van der Waals surface area contributed by atoms with Crippen LogP contribution in [0.15, 0.2) is 53.6 Å². The zero-order valence-corrected chi connectivity index (χ0v) is 15.8. The number of nitrogen functional groups attached to an aromatic ring is 1. The molecule has 2 heterocycles. The maximum absolute atomic E-state index is 12.5. The van der Waals surface area contributed by atoms with Gasteiger partial charge < -0.3 is 15.8 Å². The predicted molar refractivity (Wildman–Crippen MR) is 110 cm³/mol. The third kappa shape index (κ3) is 3.57. The number of hydrogen-bond donors (Lipinski definition) is 2. The number of rotatable bonds is 3. The number of ether oxygens (including phenoxy) is 1. The lowest BCUT2D eigenvalue weighted by Crippen LogP contribution is -2.23. The number of benzene rings is 2. The van der Waals surface area contributed by atoms with Crippen LogP contribution in [0.5, 0.6) is 5.75 Å². The van der Waals surface area contributed by atoms with Gasteiger partial charge in [-0.1, -0.05) is 38.1 Å². The van der Waals surface area contributed by atoms with Crippen molar-refractivity contribution in [3.63, 3.8) is 0 Å². The number of carbonyl (C=O) groups is 1.